The first-order valence-corrected chi connectivity index (χ1v) is 6.75. The van der Waals surface area contributed by atoms with E-state index in [4.69, 9.17) is 9.84 Å². The van der Waals surface area contributed by atoms with Gasteiger partial charge in [-0.05, 0) is 29.0 Å². The summed E-state index contributed by atoms with van der Waals surface area (Å²) in [6.07, 6.45) is -1.10. The fourth-order valence-corrected chi connectivity index (χ4v) is 2.77. The molecule has 0 heterocycles. The predicted molar refractivity (Wildman–Crippen MR) is 75.4 cm³/mol. The van der Waals surface area contributed by atoms with Gasteiger partial charge in [-0.3, -0.25) is 4.79 Å². The van der Waals surface area contributed by atoms with Gasteiger partial charge in [-0.1, -0.05) is 32.1 Å². The quantitative estimate of drug-likeness (QED) is 0.910. The number of aliphatic carboxylic acids is 1. The van der Waals surface area contributed by atoms with E-state index < -0.39 is 23.6 Å². The van der Waals surface area contributed by atoms with Gasteiger partial charge < -0.3 is 9.84 Å². The number of alkyl halides is 3. The lowest BCUT2D eigenvalue weighted by Crippen LogP contribution is -2.07. The zero-order valence-corrected chi connectivity index (χ0v) is 12.4. The van der Waals surface area contributed by atoms with E-state index in [-0.39, 0.29) is 17.1 Å². The monoisotopic (exact) mass is 314 g/mol. The highest BCUT2D eigenvalue weighted by Gasteiger charge is 2.60. The van der Waals surface area contributed by atoms with Crippen LogP contribution in [-0.4, -0.2) is 18.2 Å². The van der Waals surface area contributed by atoms with Crippen LogP contribution in [0.3, 0.4) is 0 Å². The van der Waals surface area contributed by atoms with E-state index in [1.165, 1.54) is 19.2 Å². The van der Waals surface area contributed by atoms with Gasteiger partial charge in [-0.15, -0.1) is 0 Å². The molecule has 1 aromatic carbocycles. The smallest absolute Gasteiger partial charge is 0.419 e. The molecule has 2 atom stereocenters. The van der Waals surface area contributed by atoms with Gasteiger partial charge >= 0.3 is 12.1 Å². The minimum atomic E-state index is -4.47. The Bertz CT molecular complexity index is 618. The minimum absolute atomic E-state index is 0.127. The highest BCUT2D eigenvalue weighted by molar-refractivity contribution is 5.76. The van der Waals surface area contributed by atoms with E-state index in [9.17, 15) is 18.0 Å². The van der Waals surface area contributed by atoms with Gasteiger partial charge in [-0.25, -0.2) is 0 Å². The third-order valence-corrected chi connectivity index (χ3v) is 4.20. The van der Waals surface area contributed by atoms with E-state index in [1.54, 1.807) is 12.2 Å². The molecule has 1 saturated carbocycles. The maximum Gasteiger partial charge on any atom is 0.419 e. The SMILES string of the molecule is COc1cc(C=CC2C(C(=O)O)C2(C)C)ccc1C(F)(F)F. The Morgan fingerprint density at radius 3 is 2.45 bits per heavy atom. The third-order valence-electron chi connectivity index (χ3n) is 4.20. The van der Waals surface area contributed by atoms with Crippen molar-refractivity contribution in [2.24, 2.45) is 17.3 Å². The fourth-order valence-electron chi connectivity index (χ4n) is 2.77. The topological polar surface area (TPSA) is 46.5 Å². The van der Waals surface area contributed by atoms with Crippen molar-refractivity contribution < 1.29 is 27.8 Å². The molecule has 1 aliphatic rings. The number of benzene rings is 1. The average molecular weight is 314 g/mol. The molecule has 0 aromatic heterocycles. The number of carbonyl (C=O) groups is 1. The number of halogens is 3. The second-order valence-corrected chi connectivity index (χ2v) is 5.98. The third kappa shape index (κ3) is 2.96. The molecule has 0 aliphatic heterocycles. The summed E-state index contributed by atoms with van der Waals surface area (Å²) >= 11 is 0. The van der Waals surface area contributed by atoms with Gasteiger partial charge in [0.1, 0.15) is 5.75 Å². The first kappa shape index (κ1) is 16.4. The summed E-state index contributed by atoms with van der Waals surface area (Å²) in [5.41, 5.74) is -0.628. The van der Waals surface area contributed by atoms with Crippen LogP contribution >= 0.6 is 0 Å². The number of rotatable bonds is 4. The van der Waals surface area contributed by atoms with Crippen molar-refractivity contribution in [2.45, 2.75) is 20.0 Å². The molecule has 1 aromatic rings. The van der Waals surface area contributed by atoms with E-state index >= 15 is 0 Å². The molecule has 0 amide bonds. The number of carboxylic acids is 1. The zero-order chi connectivity index (χ0) is 16.7. The largest absolute Gasteiger partial charge is 0.496 e. The van der Waals surface area contributed by atoms with Crippen LogP contribution in [-0.2, 0) is 11.0 Å². The second kappa shape index (κ2) is 5.34. The molecule has 1 aliphatic carbocycles. The Morgan fingerprint density at radius 2 is 2.00 bits per heavy atom. The van der Waals surface area contributed by atoms with Crippen molar-refractivity contribution in [2.75, 3.05) is 7.11 Å². The Hall–Kier alpha value is -1.98. The number of allylic oxidation sites excluding steroid dienone is 1. The summed E-state index contributed by atoms with van der Waals surface area (Å²) in [5, 5.41) is 9.09. The highest BCUT2D eigenvalue weighted by atomic mass is 19.4. The number of carboxylic acid groups (broad SMARTS) is 1. The summed E-state index contributed by atoms with van der Waals surface area (Å²) in [6.45, 7) is 3.71. The summed E-state index contributed by atoms with van der Waals surface area (Å²) in [4.78, 5) is 11.1. The van der Waals surface area contributed by atoms with Crippen LogP contribution in [0.1, 0.15) is 25.0 Å². The molecule has 3 nitrogen and oxygen atoms in total. The summed E-state index contributed by atoms with van der Waals surface area (Å²) in [6, 6.07) is 3.60. The van der Waals surface area contributed by atoms with E-state index in [2.05, 4.69) is 0 Å². The van der Waals surface area contributed by atoms with E-state index in [1.807, 2.05) is 13.8 Å². The molecule has 22 heavy (non-hydrogen) atoms. The summed E-state index contributed by atoms with van der Waals surface area (Å²) < 4.78 is 43.1. The molecule has 2 rings (SSSR count). The van der Waals surface area contributed by atoms with Gasteiger partial charge in [0.15, 0.2) is 0 Å². The Labute approximate surface area is 126 Å². The lowest BCUT2D eigenvalue weighted by atomic mass is 10.1. The molecule has 1 N–H and O–H groups in total. The molecule has 0 bridgehead atoms. The first-order chi connectivity index (χ1) is 10.1. The number of methoxy groups -OCH3 is 1. The second-order valence-electron chi connectivity index (χ2n) is 5.98. The van der Waals surface area contributed by atoms with Crippen molar-refractivity contribution >= 4 is 12.0 Å². The van der Waals surface area contributed by atoms with Gasteiger partial charge in [0.05, 0.1) is 18.6 Å². The standard InChI is InChI=1S/C16H17F3O3/c1-15(2)11(13(15)14(20)21)7-5-9-4-6-10(16(17,18)19)12(8-9)22-3/h4-8,11,13H,1-3H3,(H,20,21). The number of hydrogen-bond acceptors (Lipinski definition) is 2. The predicted octanol–water partition coefficient (Wildman–Crippen LogP) is 4.08. The lowest BCUT2D eigenvalue weighted by Gasteiger charge is -2.12. The summed E-state index contributed by atoms with van der Waals surface area (Å²) in [7, 11) is 1.18. The van der Waals surface area contributed by atoms with Crippen LogP contribution in [0.2, 0.25) is 0 Å². The maximum absolute atomic E-state index is 12.8. The van der Waals surface area contributed by atoms with Crippen LogP contribution in [0.4, 0.5) is 13.2 Å². The zero-order valence-electron chi connectivity index (χ0n) is 12.4. The van der Waals surface area contributed by atoms with Crippen LogP contribution < -0.4 is 4.74 Å². The molecular formula is C16H17F3O3. The molecule has 1 fully saturated rings. The van der Waals surface area contributed by atoms with Gasteiger partial charge in [0.25, 0.3) is 0 Å². The Kier molecular flexibility index (Phi) is 3.98. The number of hydrogen-bond donors (Lipinski definition) is 1. The van der Waals surface area contributed by atoms with Gasteiger partial charge in [-0.2, -0.15) is 13.2 Å². The van der Waals surface area contributed by atoms with Crippen molar-refractivity contribution in [3.63, 3.8) is 0 Å². The lowest BCUT2D eigenvalue weighted by molar-refractivity contribution is -0.140. The Balaban J connectivity index is 2.22. The minimum Gasteiger partial charge on any atom is -0.496 e. The first-order valence-electron chi connectivity index (χ1n) is 6.75. The van der Waals surface area contributed by atoms with E-state index in [0.29, 0.717) is 5.56 Å². The maximum atomic E-state index is 12.8. The van der Waals surface area contributed by atoms with Gasteiger partial charge in [0.2, 0.25) is 0 Å². The number of ether oxygens (including phenoxy) is 1. The van der Waals surface area contributed by atoms with Crippen LogP contribution in [0.15, 0.2) is 24.3 Å². The average Bonchev–Trinajstić information content (AvgIpc) is 2.96. The van der Waals surface area contributed by atoms with Crippen molar-refractivity contribution in [1.82, 2.24) is 0 Å². The highest BCUT2D eigenvalue weighted by Crippen LogP contribution is 2.59. The molecule has 120 valence electrons. The van der Waals surface area contributed by atoms with Gasteiger partial charge in [0, 0.05) is 0 Å². The molecule has 0 radical (unpaired) electrons. The van der Waals surface area contributed by atoms with Crippen molar-refractivity contribution in [1.29, 1.82) is 0 Å². The van der Waals surface area contributed by atoms with Crippen LogP contribution in [0.5, 0.6) is 5.75 Å². The van der Waals surface area contributed by atoms with Crippen LogP contribution in [0, 0.1) is 17.3 Å². The van der Waals surface area contributed by atoms with Crippen molar-refractivity contribution in [3.8, 4) is 5.75 Å². The molecule has 0 spiro atoms. The Morgan fingerprint density at radius 1 is 1.36 bits per heavy atom. The van der Waals surface area contributed by atoms with Crippen molar-refractivity contribution in [3.05, 3.63) is 35.4 Å². The molecule has 2 unspecified atom stereocenters. The fraction of sp³-hybridized carbons (Fsp3) is 0.438. The normalized spacial score (nSPS) is 23.5. The molecule has 0 saturated heterocycles. The molecular weight excluding hydrogens is 297 g/mol. The van der Waals surface area contributed by atoms with E-state index in [0.717, 1.165) is 6.07 Å². The summed E-state index contributed by atoms with van der Waals surface area (Å²) in [5.74, 6) is -1.69. The van der Waals surface area contributed by atoms with Crippen LogP contribution in [0.25, 0.3) is 6.08 Å². The molecule has 6 heteroatoms.